The molecular weight excluding hydrogens is 216 g/mol. The number of aromatic nitrogens is 1. The van der Waals surface area contributed by atoms with Crippen LogP contribution in [-0.2, 0) is 10.0 Å². The molecule has 0 aliphatic carbocycles. The molecule has 1 aromatic rings. The van der Waals surface area contributed by atoms with Crippen molar-refractivity contribution in [2.24, 2.45) is 0 Å². The summed E-state index contributed by atoms with van der Waals surface area (Å²) < 4.78 is 25.8. The van der Waals surface area contributed by atoms with Gasteiger partial charge in [0.15, 0.2) is 0 Å². The lowest BCUT2D eigenvalue weighted by molar-refractivity contribution is 0.175. The Balaban J connectivity index is 2.66. The van der Waals surface area contributed by atoms with Crippen LogP contribution in [0.2, 0.25) is 0 Å². The van der Waals surface area contributed by atoms with Crippen LogP contribution in [0, 0.1) is 0 Å². The van der Waals surface area contributed by atoms with Gasteiger partial charge in [-0.05, 0) is 26.3 Å². The van der Waals surface area contributed by atoms with Crippen LogP contribution in [0.5, 0.6) is 0 Å². The van der Waals surface area contributed by atoms with Crippen molar-refractivity contribution in [1.82, 2.24) is 9.71 Å². The van der Waals surface area contributed by atoms with Gasteiger partial charge in [0, 0.05) is 18.4 Å². The second-order valence-electron chi connectivity index (χ2n) is 3.65. The van der Waals surface area contributed by atoms with Crippen molar-refractivity contribution in [2.75, 3.05) is 0 Å². The Hall–Kier alpha value is -0.850. The quantitative estimate of drug-likeness (QED) is 0.689. The monoisotopic (exact) mass is 232 g/mol. The molecule has 15 heavy (non-hydrogen) atoms. The smallest absolute Gasteiger partial charge is 0.242 e. The highest BCUT2D eigenvalue weighted by molar-refractivity contribution is 7.89. The number of aliphatic hydroxyl groups is 1. The summed E-state index contributed by atoms with van der Waals surface area (Å²) in [7, 11) is -3.45. The third kappa shape index (κ3) is 3.65. The molecule has 1 heterocycles. The van der Waals surface area contributed by atoms with Gasteiger partial charge in [-0.3, -0.25) is 0 Å². The molecule has 3 N–H and O–H groups in total. The molecule has 1 rings (SSSR count). The molecule has 86 valence electrons. The summed E-state index contributed by atoms with van der Waals surface area (Å²) in [6.45, 7) is 3.35. The molecule has 2 atom stereocenters. The summed E-state index contributed by atoms with van der Waals surface area (Å²) in [5.74, 6) is 0. The number of nitrogens with one attached hydrogen (secondary N) is 2. The second kappa shape index (κ2) is 4.78. The largest absolute Gasteiger partial charge is 0.393 e. The van der Waals surface area contributed by atoms with Crippen LogP contribution in [0.4, 0.5) is 0 Å². The van der Waals surface area contributed by atoms with Crippen molar-refractivity contribution in [3.8, 4) is 0 Å². The molecule has 6 heteroatoms. The van der Waals surface area contributed by atoms with Crippen LogP contribution >= 0.6 is 0 Å². The zero-order chi connectivity index (χ0) is 11.5. The number of rotatable bonds is 5. The van der Waals surface area contributed by atoms with Gasteiger partial charge in [-0.2, -0.15) is 0 Å². The predicted molar refractivity (Wildman–Crippen MR) is 56.9 cm³/mol. The van der Waals surface area contributed by atoms with Crippen molar-refractivity contribution < 1.29 is 13.5 Å². The minimum Gasteiger partial charge on any atom is -0.393 e. The van der Waals surface area contributed by atoms with Crippen molar-refractivity contribution in [2.45, 2.75) is 37.3 Å². The van der Waals surface area contributed by atoms with Gasteiger partial charge in [0.1, 0.15) is 0 Å². The molecule has 0 amide bonds. The topological polar surface area (TPSA) is 82.2 Å². The first-order valence-electron chi connectivity index (χ1n) is 4.75. The van der Waals surface area contributed by atoms with E-state index in [0.29, 0.717) is 6.42 Å². The summed E-state index contributed by atoms with van der Waals surface area (Å²) in [5, 5.41) is 9.11. The van der Waals surface area contributed by atoms with Crippen molar-refractivity contribution >= 4 is 10.0 Å². The maximum Gasteiger partial charge on any atom is 0.242 e. The number of aliphatic hydroxyl groups excluding tert-OH is 1. The normalized spacial score (nSPS) is 16.2. The summed E-state index contributed by atoms with van der Waals surface area (Å²) in [4.78, 5) is 2.89. The standard InChI is InChI=1S/C9H16N2O3S/c1-7(5-8(2)12)11-15(13,14)9-3-4-10-6-9/h3-4,6-8,10-12H,5H2,1-2H3. The van der Waals surface area contributed by atoms with E-state index in [0.717, 1.165) is 0 Å². The summed E-state index contributed by atoms with van der Waals surface area (Å²) in [6.07, 6.45) is 2.84. The van der Waals surface area contributed by atoms with E-state index in [1.807, 2.05) is 0 Å². The van der Waals surface area contributed by atoms with Crippen LogP contribution in [0.25, 0.3) is 0 Å². The highest BCUT2D eigenvalue weighted by atomic mass is 32.2. The number of H-pyrrole nitrogens is 1. The van der Waals surface area contributed by atoms with Crippen LogP contribution in [0.3, 0.4) is 0 Å². The molecule has 0 aliphatic heterocycles. The average Bonchev–Trinajstić information content (AvgIpc) is 2.51. The predicted octanol–water partition coefficient (Wildman–Crippen LogP) is 0.452. The second-order valence-corrected chi connectivity index (χ2v) is 5.37. The van der Waals surface area contributed by atoms with Crippen molar-refractivity contribution in [3.63, 3.8) is 0 Å². The molecule has 0 aliphatic rings. The van der Waals surface area contributed by atoms with Gasteiger partial charge >= 0.3 is 0 Å². The van der Waals surface area contributed by atoms with E-state index < -0.39 is 16.1 Å². The molecule has 2 unspecified atom stereocenters. The number of aromatic amines is 1. The van der Waals surface area contributed by atoms with Gasteiger partial charge in [-0.15, -0.1) is 0 Å². The Bertz CT molecular complexity index is 383. The van der Waals surface area contributed by atoms with Crippen LogP contribution < -0.4 is 4.72 Å². The molecular formula is C9H16N2O3S. The number of hydrogen-bond acceptors (Lipinski definition) is 3. The molecule has 5 nitrogen and oxygen atoms in total. The van der Waals surface area contributed by atoms with Gasteiger partial charge < -0.3 is 10.1 Å². The third-order valence-corrected chi connectivity index (χ3v) is 3.52. The highest BCUT2D eigenvalue weighted by Crippen LogP contribution is 2.08. The van der Waals surface area contributed by atoms with Crippen molar-refractivity contribution in [3.05, 3.63) is 18.5 Å². The van der Waals surface area contributed by atoms with E-state index in [4.69, 9.17) is 5.11 Å². The minimum atomic E-state index is -3.45. The molecule has 0 saturated carbocycles. The van der Waals surface area contributed by atoms with Gasteiger partial charge in [0.2, 0.25) is 10.0 Å². The SMILES string of the molecule is CC(O)CC(C)NS(=O)(=O)c1cc[nH]c1. The lowest BCUT2D eigenvalue weighted by atomic mass is 10.2. The zero-order valence-corrected chi connectivity index (χ0v) is 9.58. The number of sulfonamides is 1. The highest BCUT2D eigenvalue weighted by Gasteiger charge is 2.18. The fourth-order valence-corrected chi connectivity index (χ4v) is 2.60. The van der Waals surface area contributed by atoms with E-state index in [2.05, 4.69) is 9.71 Å². The molecule has 0 radical (unpaired) electrons. The Labute approximate surface area is 89.6 Å². The van der Waals surface area contributed by atoms with Gasteiger partial charge in [0.25, 0.3) is 0 Å². The van der Waals surface area contributed by atoms with E-state index in [1.54, 1.807) is 20.0 Å². The number of hydrogen-bond donors (Lipinski definition) is 3. The Morgan fingerprint density at radius 1 is 1.53 bits per heavy atom. The molecule has 0 aromatic carbocycles. The zero-order valence-electron chi connectivity index (χ0n) is 8.77. The lowest BCUT2D eigenvalue weighted by Gasteiger charge is -2.14. The molecule has 0 spiro atoms. The van der Waals surface area contributed by atoms with Gasteiger partial charge in [0.05, 0.1) is 11.0 Å². The first kappa shape index (κ1) is 12.2. The van der Waals surface area contributed by atoms with Crippen LogP contribution in [0.1, 0.15) is 20.3 Å². The maximum atomic E-state index is 11.7. The average molecular weight is 232 g/mol. The van der Waals surface area contributed by atoms with Gasteiger partial charge in [-0.1, -0.05) is 0 Å². The Morgan fingerprint density at radius 2 is 2.20 bits per heavy atom. The van der Waals surface area contributed by atoms with Crippen LogP contribution in [0.15, 0.2) is 23.4 Å². The van der Waals surface area contributed by atoms with Crippen molar-refractivity contribution in [1.29, 1.82) is 0 Å². The minimum absolute atomic E-state index is 0.208. The summed E-state index contributed by atoms with van der Waals surface area (Å²) in [5.41, 5.74) is 0. The Morgan fingerprint density at radius 3 is 2.67 bits per heavy atom. The summed E-state index contributed by atoms with van der Waals surface area (Å²) >= 11 is 0. The van der Waals surface area contributed by atoms with Gasteiger partial charge in [-0.25, -0.2) is 13.1 Å². The maximum absolute atomic E-state index is 11.7. The first-order chi connectivity index (χ1) is 6.92. The fourth-order valence-electron chi connectivity index (χ4n) is 1.37. The molecule has 0 fully saturated rings. The molecule has 1 aromatic heterocycles. The summed E-state index contributed by atoms with van der Waals surface area (Å²) in [6, 6.07) is 1.20. The van der Waals surface area contributed by atoms with E-state index >= 15 is 0 Å². The Kier molecular flexibility index (Phi) is 3.90. The third-order valence-electron chi connectivity index (χ3n) is 1.93. The van der Waals surface area contributed by atoms with E-state index in [1.165, 1.54) is 12.3 Å². The lowest BCUT2D eigenvalue weighted by Crippen LogP contribution is -2.34. The first-order valence-corrected chi connectivity index (χ1v) is 6.23. The fraction of sp³-hybridized carbons (Fsp3) is 0.556. The van der Waals surface area contributed by atoms with E-state index in [9.17, 15) is 8.42 Å². The van der Waals surface area contributed by atoms with Crippen LogP contribution in [-0.4, -0.2) is 30.7 Å². The molecule has 0 bridgehead atoms. The molecule has 0 saturated heterocycles. The van der Waals surface area contributed by atoms with E-state index in [-0.39, 0.29) is 10.9 Å².